The molecule has 14 N–H and O–H groups in total. The van der Waals surface area contributed by atoms with Gasteiger partial charge in [0.05, 0.1) is 57.4 Å². The SMILES string of the molecule is CC(C)[C@H]1[C@H](n2cnc3c(N)ncnc32)OC(COP(=O)(O)OP(=O)(O)OP(=O)(O)OC[C@H]2OC([n+]3cn(C)c4c(=O)[nH]c(N)nc43)[C@H](O)[C@@H]2CC(=O)N(C)C)[C@H]1P(=O)([O-])OC[C@H]1O[C@@H](n2cnc3c(=O)[nH]c(N)nc32)[C@H](O)[C@@H]1O. The largest absolute Gasteiger partial charge is 0.778 e. The molecule has 0 saturated carbocycles. The summed E-state index contributed by atoms with van der Waals surface area (Å²) >= 11 is 0. The number of hydrogen-bond donors (Lipinski definition) is 11. The summed E-state index contributed by atoms with van der Waals surface area (Å²) in [6, 6.07) is 0. The number of rotatable bonds is 20. The number of nitrogen functional groups attached to an aromatic ring is 3. The van der Waals surface area contributed by atoms with Crippen LogP contribution < -0.4 is 37.8 Å². The quantitative estimate of drug-likeness (QED) is 0.0264. The number of ether oxygens (including phenoxy) is 3. The van der Waals surface area contributed by atoms with Crippen LogP contribution in [0.3, 0.4) is 0 Å². The van der Waals surface area contributed by atoms with Crippen molar-refractivity contribution < 1.29 is 98.9 Å². The van der Waals surface area contributed by atoms with Crippen LogP contribution in [0.5, 0.6) is 0 Å². The highest BCUT2D eigenvalue weighted by Crippen LogP contribution is 2.68. The van der Waals surface area contributed by atoms with Gasteiger partial charge in [-0.15, -0.1) is 0 Å². The number of aliphatic hydroxyl groups excluding tert-OH is 3. The molecule has 3 aliphatic rings. The lowest BCUT2D eigenvalue weighted by molar-refractivity contribution is -0.745. The Morgan fingerprint density at radius 3 is 2.01 bits per heavy atom. The number of phosphoric acid groups is 3. The van der Waals surface area contributed by atoms with Gasteiger partial charge >= 0.3 is 29.1 Å². The number of nitrogens with zero attached hydrogens (tertiary/aromatic N) is 11. The molecule has 0 bridgehead atoms. The Labute approximate surface area is 447 Å². The van der Waals surface area contributed by atoms with Crippen molar-refractivity contribution in [3.63, 3.8) is 0 Å². The second-order valence-electron chi connectivity index (χ2n) is 19.2. The van der Waals surface area contributed by atoms with Gasteiger partial charge in [-0.25, -0.2) is 38.2 Å². The number of amides is 1. The standard InChI is InChI=1S/C38H54N16O22P4/c1-14(2)20-27(77(61,62)69-8-17-25(57)26(58)36(73-17)53-12-45-22-30(53)46-37(40)48-32(22)59)18(74-34(20)52-11-44-21-28(39)42-10-43-29(21)52)9-71-79(65,66)76-80(67,68)75-78(63,64)70-7-16-15(6-19(55)50(3)4)24(56)35(72-16)54-13-51(5)23-31(54)47-38(41)49-33(23)60/h10-18,20,24-27,34-36,56-58H,6-9H2,1-5H3,(H11-,39,40,41,42,43,46,47,48,49,59,60,61,62,63,64,65,66,67,68)/t15-,16-,17-,18?,20-,24-,25-,26-,27-,34-,35?,36-/m1/s1. The van der Waals surface area contributed by atoms with Gasteiger partial charge in [0.1, 0.15) is 50.1 Å². The highest BCUT2D eigenvalue weighted by Gasteiger charge is 2.55. The smallest absolute Gasteiger partial charge is 0.490 e. The van der Waals surface area contributed by atoms with Crippen LogP contribution in [0, 0.1) is 17.8 Å². The van der Waals surface area contributed by atoms with Crippen LogP contribution in [0.2, 0.25) is 0 Å². The Morgan fingerprint density at radius 2 is 1.36 bits per heavy atom. The number of anilines is 3. The molecule has 9 rings (SSSR count). The molecule has 6 aromatic heterocycles. The summed E-state index contributed by atoms with van der Waals surface area (Å²) in [6.45, 7) is -0.146. The number of imidazole rings is 3. The van der Waals surface area contributed by atoms with Crippen LogP contribution in [0.25, 0.3) is 33.5 Å². The Morgan fingerprint density at radius 1 is 0.775 bits per heavy atom. The summed E-state index contributed by atoms with van der Waals surface area (Å²) in [5.74, 6) is -4.38. The second-order valence-corrected chi connectivity index (χ2v) is 25.8. The van der Waals surface area contributed by atoms with Gasteiger partial charge in [0.15, 0.2) is 35.2 Å². The number of aromatic amines is 2. The highest BCUT2D eigenvalue weighted by molar-refractivity contribution is 7.66. The molecule has 0 spiro atoms. The number of carbonyl (C=O) groups is 1. The first-order chi connectivity index (χ1) is 37.4. The summed E-state index contributed by atoms with van der Waals surface area (Å²) in [6.07, 6.45) is -10.3. The third-order valence-corrected chi connectivity index (χ3v) is 19.6. The molecule has 1 amide bonds. The van der Waals surface area contributed by atoms with E-state index >= 15 is 0 Å². The Hall–Kier alpha value is -5.56. The van der Waals surface area contributed by atoms with Crippen molar-refractivity contribution in [2.45, 2.75) is 81.2 Å². The van der Waals surface area contributed by atoms with Crippen LogP contribution in [0.15, 0.2) is 34.9 Å². The molecule has 9 heterocycles. The third-order valence-electron chi connectivity index (χ3n) is 13.4. The van der Waals surface area contributed by atoms with Crippen LogP contribution in [-0.4, -0.2) is 171 Å². The molecule has 16 atom stereocenters. The zero-order valence-electron chi connectivity index (χ0n) is 42.3. The minimum Gasteiger partial charge on any atom is -0.778 e. The number of phosphoric ester groups is 2. The first-order valence-corrected chi connectivity index (χ1v) is 29.7. The minimum absolute atomic E-state index is 0.00613. The highest BCUT2D eigenvalue weighted by atomic mass is 31.3. The summed E-state index contributed by atoms with van der Waals surface area (Å²) in [7, 11) is -19.3. The maximum Gasteiger partial charge on any atom is 0.490 e. The zero-order chi connectivity index (χ0) is 58.3. The van der Waals surface area contributed by atoms with Crippen LogP contribution in [0.4, 0.5) is 17.7 Å². The van der Waals surface area contributed by atoms with Crippen molar-refractivity contribution in [1.29, 1.82) is 0 Å². The Balaban J connectivity index is 0.908. The topological polar surface area (TPSA) is 547 Å². The molecule has 80 heavy (non-hydrogen) atoms. The molecule has 0 aromatic carbocycles. The monoisotopic (exact) mass is 1210 g/mol. The molecule has 3 saturated heterocycles. The fraction of sp³-hybridized carbons (Fsp3) is 0.579. The Kier molecular flexibility index (Phi) is 16.2. The van der Waals surface area contributed by atoms with Crippen LogP contribution in [0.1, 0.15) is 39.0 Å². The normalized spacial score (nSPS) is 29.3. The van der Waals surface area contributed by atoms with Crippen molar-refractivity contribution in [3.8, 4) is 0 Å². The summed E-state index contributed by atoms with van der Waals surface area (Å²) in [5, 5.41) is 33.6. The van der Waals surface area contributed by atoms with E-state index in [-0.39, 0.29) is 51.2 Å². The molecule has 6 unspecified atom stereocenters. The third kappa shape index (κ3) is 11.6. The van der Waals surface area contributed by atoms with Crippen molar-refractivity contribution >= 4 is 88.2 Å². The average Bonchev–Trinajstić information content (AvgIpc) is 4.43. The second kappa shape index (κ2) is 22.0. The van der Waals surface area contributed by atoms with E-state index in [1.54, 1.807) is 13.8 Å². The van der Waals surface area contributed by atoms with Crippen molar-refractivity contribution in [3.05, 3.63) is 46.0 Å². The molecule has 6 aromatic rings. The van der Waals surface area contributed by atoms with Crippen molar-refractivity contribution in [2.75, 3.05) is 51.1 Å². The fourth-order valence-electron chi connectivity index (χ4n) is 9.77. The number of aryl methyl sites for hydroxylation is 1. The van der Waals surface area contributed by atoms with E-state index in [1.807, 2.05) is 0 Å². The maximum atomic E-state index is 14.6. The van der Waals surface area contributed by atoms with Crippen LogP contribution in [-0.2, 0) is 66.5 Å². The minimum atomic E-state index is -6.25. The van der Waals surface area contributed by atoms with Gasteiger partial charge in [0, 0.05) is 32.4 Å². The van der Waals surface area contributed by atoms with Gasteiger partial charge in [0.2, 0.25) is 23.6 Å². The summed E-state index contributed by atoms with van der Waals surface area (Å²) < 4.78 is 102. The van der Waals surface area contributed by atoms with Gasteiger partial charge in [0.25, 0.3) is 17.1 Å². The molecule has 38 nitrogen and oxygen atoms in total. The van der Waals surface area contributed by atoms with E-state index in [9.17, 15) is 67.5 Å². The lowest BCUT2D eigenvalue weighted by Crippen LogP contribution is -2.45. The van der Waals surface area contributed by atoms with E-state index in [1.165, 1.54) is 52.4 Å². The lowest BCUT2D eigenvalue weighted by atomic mass is 9.90. The van der Waals surface area contributed by atoms with Gasteiger partial charge in [-0.3, -0.25) is 47.1 Å². The van der Waals surface area contributed by atoms with E-state index in [4.69, 9.17) is 45.0 Å². The number of carbonyl (C=O) groups excluding carboxylic acids is 1. The fourth-order valence-corrected chi connectivity index (χ4v) is 15.3. The molecule has 438 valence electrons. The Bertz CT molecular complexity index is 3670. The van der Waals surface area contributed by atoms with E-state index in [2.05, 4.69) is 48.5 Å². The molecular formula is C38H54N16O22P4. The molecular weight excluding hydrogens is 1160 g/mol. The number of H-pyrrole nitrogens is 2. The predicted octanol–water partition coefficient (Wildman–Crippen LogP) is -3.28. The van der Waals surface area contributed by atoms with Gasteiger partial charge < -0.3 is 80.3 Å². The number of hydrogen-bond acceptors (Lipinski definition) is 28. The first kappa shape index (κ1) is 59.1. The van der Waals surface area contributed by atoms with Gasteiger partial charge in [-0.05, 0) is 5.92 Å². The van der Waals surface area contributed by atoms with Gasteiger partial charge in [-0.1, -0.05) is 18.8 Å². The van der Waals surface area contributed by atoms with Crippen LogP contribution >= 0.6 is 31.1 Å². The number of nitrogens with two attached hydrogens (primary N) is 3. The predicted molar refractivity (Wildman–Crippen MR) is 264 cm³/mol. The van der Waals surface area contributed by atoms with E-state index in [0.717, 1.165) is 17.2 Å². The molecule has 3 aliphatic heterocycles. The van der Waals surface area contributed by atoms with E-state index in [0.29, 0.717) is 0 Å². The molecule has 0 radical (unpaired) electrons. The number of aromatic nitrogens is 12. The van der Waals surface area contributed by atoms with Crippen molar-refractivity contribution in [1.82, 2.24) is 58.5 Å². The average molecular weight is 1210 g/mol. The number of aliphatic hydroxyl groups is 3. The zero-order valence-corrected chi connectivity index (χ0v) is 45.9. The first-order valence-electron chi connectivity index (χ1n) is 23.6. The van der Waals surface area contributed by atoms with Gasteiger partial charge in [-0.2, -0.15) is 13.6 Å². The molecule has 42 heteroatoms. The van der Waals surface area contributed by atoms with E-state index < -0.39 is 153 Å². The van der Waals surface area contributed by atoms with Crippen molar-refractivity contribution in [2.24, 2.45) is 24.8 Å². The molecule has 0 aliphatic carbocycles. The number of nitrogens with one attached hydrogen (secondary N) is 2. The molecule has 3 fully saturated rings. The summed E-state index contributed by atoms with van der Waals surface area (Å²) in [4.78, 5) is 115. The maximum absolute atomic E-state index is 14.6. The summed E-state index contributed by atoms with van der Waals surface area (Å²) in [5.41, 5.74) is 13.9. The lowest BCUT2D eigenvalue weighted by Gasteiger charge is -2.37. The number of fused-ring (bicyclic) bond motifs is 3.